The molecule has 0 bridgehead atoms. The fourth-order valence-electron chi connectivity index (χ4n) is 6.79. The van der Waals surface area contributed by atoms with Crippen LogP contribution in [0.5, 0.6) is 0 Å². The van der Waals surface area contributed by atoms with Gasteiger partial charge in [-0.1, -0.05) is 233 Å². The van der Waals surface area contributed by atoms with Gasteiger partial charge in [0, 0.05) is 0 Å². The number of allylic oxidation sites excluding steroid dienone is 6. The van der Waals surface area contributed by atoms with Crippen LogP contribution in [0.4, 0.5) is 0 Å². The van der Waals surface area contributed by atoms with Crippen molar-refractivity contribution in [3.63, 3.8) is 0 Å². The van der Waals surface area contributed by atoms with E-state index in [-0.39, 0.29) is 0 Å². The molecule has 0 aromatic rings. The highest BCUT2D eigenvalue weighted by atomic mass is 14.1. The van der Waals surface area contributed by atoms with Crippen LogP contribution in [0.1, 0.15) is 258 Å². The Labute approximate surface area is 327 Å². The van der Waals surface area contributed by atoms with E-state index in [1.807, 2.05) is 0 Å². The van der Waals surface area contributed by atoms with Gasteiger partial charge in [-0.3, -0.25) is 0 Å². The third-order valence-electron chi connectivity index (χ3n) is 10.7. The summed E-state index contributed by atoms with van der Waals surface area (Å²) in [6, 6.07) is 0. The van der Waals surface area contributed by atoms with Gasteiger partial charge in [0.05, 0.1) is 0 Å². The summed E-state index contributed by atoms with van der Waals surface area (Å²) < 4.78 is 0. The molecule has 0 amide bonds. The lowest BCUT2D eigenvalue weighted by Gasteiger charge is -2.14. The number of rotatable bonds is 30. The largest absolute Gasteiger partial charge is 0.0856 e. The summed E-state index contributed by atoms with van der Waals surface area (Å²) in [4.78, 5) is 0. The topological polar surface area (TPSA) is 0 Å². The summed E-state index contributed by atoms with van der Waals surface area (Å²) in [5, 5.41) is 0. The summed E-state index contributed by atoms with van der Waals surface area (Å²) in [5.74, 6) is 5.59. The molecule has 0 nitrogen and oxygen atoms in total. The zero-order valence-electron chi connectivity index (χ0n) is 38.7. The molecule has 0 fully saturated rings. The van der Waals surface area contributed by atoms with Gasteiger partial charge in [-0.15, -0.1) is 0 Å². The van der Waals surface area contributed by atoms with Gasteiger partial charge in [0.15, 0.2) is 0 Å². The molecule has 0 aromatic carbocycles. The minimum atomic E-state index is 0.885. The van der Waals surface area contributed by atoms with Crippen molar-refractivity contribution in [3.8, 4) is 0 Å². The quantitative estimate of drug-likeness (QED) is 0.0650. The first kappa shape index (κ1) is 54.6. The van der Waals surface area contributed by atoms with E-state index >= 15 is 0 Å². The molecule has 0 N–H and O–H groups in total. The van der Waals surface area contributed by atoms with E-state index in [0.717, 1.165) is 35.5 Å². The van der Waals surface area contributed by atoms with Crippen LogP contribution in [0, 0.1) is 35.5 Å². The van der Waals surface area contributed by atoms with Crippen LogP contribution < -0.4 is 0 Å². The fraction of sp³-hybridized carbons (Fsp3) is 0.882. The van der Waals surface area contributed by atoms with E-state index in [1.54, 1.807) is 5.57 Å². The summed E-state index contributed by atoms with van der Waals surface area (Å²) in [5.41, 5.74) is 4.50. The van der Waals surface area contributed by atoms with Gasteiger partial charge in [-0.05, 0) is 95.3 Å². The molecular formula is C51H102. The minimum absolute atomic E-state index is 0.885. The first-order valence-electron chi connectivity index (χ1n) is 23.1. The van der Waals surface area contributed by atoms with Gasteiger partial charge < -0.3 is 0 Å². The Morgan fingerprint density at radius 3 is 0.941 bits per heavy atom. The maximum Gasteiger partial charge on any atom is -0.0288 e. The summed E-state index contributed by atoms with van der Waals surface area (Å²) >= 11 is 0. The van der Waals surface area contributed by atoms with Crippen LogP contribution in [0.3, 0.4) is 0 Å². The molecule has 0 heteroatoms. The normalized spacial score (nSPS) is 14.4. The monoisotopic (exact) mass is 715 g/mol. The Bertz CT molecular complexity index is 736. The van der Waals surface area contributed by atoms with E-state index in [4.69, 9.17) is 0 Å². The van der Waals surface area contributed by atoms with Crippen molar-refractivity contribution in [2.45, 2.75) is 258 Å². The van der Waals surface area contributed by atoms with Crippen molar-refractivity contribution in [1.29, 1.82) is 0 Å². The second-order valence-electron chi connectivity index (χ2n) is 18.5. The first-order valence-corrected chi connectivity index (χ1v) is 23.1. The number of hydrogen-bond donors (Lipinski definition) is 0. The standard InChI is InChI=1S/2C17H36.C17H30/c3*1-6-7-11-16(4)13-9-14-17(5)12-8-10-15(2)3/h2*15-17H,6-14H2,1-5H3;10-11,14H,6-9,12-13H2,1-5H3/b;;16-11+,17-14+/t16-,17+;;/m0../s1. The predicted octanol–water partition coefficient (Wildman–Crippen LogP) is 19.1. The third kappa shape index (κ3) is 49.2. The second-order valence-corrected chi connectivity index (χ2v) is 18.5. The van der Waals surface area contributed by atoms with Crippen molar-refractivity contribution in [2.24, 2.45) is 35.5 Å². The second kappa shape index (κ2) is 40.4. The highest BCUT2D eigenvalue weighted by molar-refractivity contribution is 5.05. The van der Waals surface area contributed by atoms with E-state index in [2.05, 4.69) is 122 Å². The molecule has 0 rings (SSSR count). The van der Waals surface area contributed by atoms with Gasteiger partial charge in [0.1, 0.15) is 0 Å². The molecule has 0 heterocycles. The summed E-state index contributed by atoms with van der Waals surface area (Å²) in [6.07, 6.45) is 40.2. The predicted molar refractivity (Wildman–Crippen MR) is 241 cm³/mol. The smallest absolute Gasteiger partial charge is 0.0288 e. The number of unbranched alkanes of at least 4 members (excludes halogenated alkanes) is 3. The zero-order chi connectivity index (χ0) is 39.3. The van der Waals surface area contributed by atoms with Crippen molar-refractivity contribution in [2.75, 3.05) is 0 Å². The maximum atomic E-state index is 2.44. The Kier molecular flexibility index (Phi) is 43.2. The molecule has 2 unspecified atom stereocenters. The Balaban J connectivity index is -0.000000678. The van der Waals surface area contributed by atoms with Gasteiger partial charge in [0.2, 0.25) is 0 Å². The lowest BCUT2D eigenvalue weighted by atomic mass is 9.92. The van der Waals surface area contributed by atoms with E-state index in [0.29, 0.717) is 0 Å². The molecule has 0 radical (unpaired) electrons. The van der Waals surface area contributed by atoms with Crippen LogP contribution in [-0.2, 0) is 0 Å². The van der Waals surface area contributed by atoms with Crippen LogP contribution in [-0.4, -0.2) is 0 Å². The van der Waals surface area contributed by atoms with Gasteiger partial charge in [0.25, 0.3) is 0 Å². The highest BCUT2D eigenvalue weighted by Gasteiger charge is 2.07. The lowest BCUT2D eigenvalue weighted by molar-refractivity contribution is 0.388. The molecule has 0 saturated carbocycles. The molecule has 0 aliphatic heterocycles. The van der Waals surface area contributed by atoms with Crippen molar-refractivity contribution in [1.82, 2.24) is 0 Å². The molecule has 0 saturated heterocycles. The Morgan fingerprint density at radius 1 is 0.353 bits per heavy atom. The lowest BCUT2D eigenvalue weighted by Crippen LogP contribution is -2.00. The molecule has 51 heavy (non-hydrogen) atoms. The molecule has 0 aliphatic carbocycles. The molecular weight excluding hydrogens is 613 g/mol. The zero-order valence-corrected chi connectivity index (χ0v) is 38.7. The Hall–Kier alpha value is -0.780. The van der Waals surface area contributed by atoms with Gasteiger partial charge in [-0.2, -0.15) is 0 Å². The molecule has 0 aliphatic rings. The SMILES string of the molecule is CCC/C=C(\C)CC/C=C(\C)CCC=C(C)C.CCCCC(C)CCCC(C)CCCC(C)C.CCCC[C@H](C)CCC[C@H](C)CCCC(C)C. The average Bonchev–Trinajstić information content (AvgIpc) is 3.05. The molecule has 306 valence electrons. The number of hydrogen-bond acceptors (Lipinski definition) is 0. The summed E-state index contributed by atoms with van der Waals surface area (Å²) in [6.45, 7) is 34.7. The summed E-state index contributed by atoms with van der Waals surface area (Å²) in [7, 11) is 0. The molecule has 4 atom stereocenters. The first-order chi connectivity index (χ1) is 24.2. The van der Waals surface area contributed by atoms with E-state index < -0.39 is 0 Å². The third-order valence-corrected chi connectivity index (χ3v) is 10.7. The van der Waals surface area contributed by atoms with Crippen molar-refractivity contribution < 1.29 is 0 Å². The molecule has 0 spiro atoms. The van der Waals surface area contributed by atoms with E-state index in [1.165, 1.54) is 165 Å². The van der Waals surface area contributed by atoms with Crippen LogP contribution in [0.25, 0.3) is 0 Å². The van der Waals surface area contributed by atoms with Gasteiger partial charge >= 0.3 is 0 Å². The maximum absolute atomic E-state index is 2.44. The Morgan fingerprint density at radius 2 is 0.647 bits per heavy atom. The van der Waals surface area contributed by atoms with Crippen LogP contribution >= 0.6 is 0 Å². The van der Waals surface area contributed by atoms with Gasteiger partial charge in [-0.25, -0.2) is 0 Å². The van der Waals surface area contributed by atoms with Crippen molar-refractivity contribution >= 4 is 0 Å². The van der Waals surface area contributed by atoms with E-state index in [9.17, 15) is 0 Å². The fourth-order valence-corrected chi connectivity index (χ4v) is 6.79. The van der Waals surface area contributed by atoms with Crippen LogP contribution in [0.2, 0.25) is 0 Å². The van der Waals surface area contributed by atoms with Crippen molar-refractivity contribution in [3.05, 3.63) is 34.9 Å². The highest BCUT2D eigenvalue weighted by Crippen LogP contribution is 2.22. The average molecular weight is 715 g/mol. The minimum Gasteiger partial charge on any atom is -0.0856 e. The molecule has 0 aromatic heterocycles. The van der Waals surface area contributed by atoms with Crippen LogP contribution in [0.15, 0.2) is 34.9 Å².